The second kappa shape index (κ2) is 9.09. The molecule has 0 fully saturated rings. The van der Waals surface area contributed by atoms with Crippen LogP contribution in [0.15, 0.2) is 71.8 Å². The molecule has 2 aromatic heterocycles. The number of thiophene rings is 1. The first kappa shape index (κ1) is 20.6. The van der Waals surface area contributed by atoms with Gasteiger partial charge in [-0.15, -0.1) is 11.3 Å². The van der Waals surface area contributed by atoms with Gasteiger partial charge in [0.05, 0.1) is 17.8 Å². The minimum Gasteiger partial charge on any atom is -0.347 e. The van der Waals surface area contributed by atoms with Gasteiger partial charge < -0.3 is 5.32 Å². The summed E-state index contributed by atoms with van der Waals surface area (Å²) < 4.78 is 1.45. The van der Waals surface area contributed by atoms with E-state index in [4.69, 9.17) is 0 Å². The Morgan fingerprint density at radius 2 is 1.75 bits per heavy atom. The molecule has 0 aliphatic heterocycles. The van der Waals surface area contributed by atoms with Crippen molar-refractivity contribution in [2.45, 2.75) is 44.7 Å². The molecule has 0 saturated heterocycles. The molecule has 2 aromatic carbocycles. The summed E-state index contributed by atoms with van der Waals surface area (Å²) in [6, 6.07) is 19.9. The average Bonchev–Trinajstić information content (AvgIpc) is 3.21. The lowest BCUT2D eigenvalue weighted by molar-refractivity contribution is -0.122. The number of amides is 1. The maximum absolute atomic E-state index is 13.2. The molecular weight excluding hydrogens is 418 g/mol. The Morgan fingerprint density at radius 3 is 2.53 bits per heavy atom. The third-order valence-corrected chi connectivity index (χ3v) is 7.28. The van der Waals surface area contributed by atoms with Crippen molar-refractivity contribution in [3.63, 3.8) is 0 Å². The molecule has 1 amide bonds. The van der Waals surface area contributed by atoms with E-state index in [2.05, 4.69) is 22.4 Å². The molecule has 5 rings (SSSR count). The van der Waals surface area contributed by atoms with Crippen molar-refractivity contribution in [3.8, 4) is 0 Å². The first-order valence-electron chi connectivity index (χ1n) is 11.1. The van der Waals surface area contributed by atoms with E-state index in [9.17, 15) is 9.59 Å². The Morgan fingerprint density at radius 1 is 1.03 bits per heavy atom. The van der Waals surface area contributed by atoms with E-state index in [1.165, 1.54) is 22.2 Å². The van der Waals surface area contributed by atoms with E-state index in [0.717, 1.165) is 40.8 Å². The van der Waals surface area contributed by atoms with Crippen molar-refractivity contribution in [3.05, 3.63) is 98.9 Å². The average molecular weight is 444 g/mol. The SMILES string of the molecule is O=C(Cn1cnc2sc3c(c2c1=O)CCCC3)NC(Cc1ccccc1)c1ccccc1. The summed E-state index contributed by atoms with van der Waals surface area (Å²) in [6.07, 6.45) is 6.41. The molecule has 1 unspecified atom stereocenters. The number of hydrogen-bond acceptors (Lipinski definition) is 4. The van der Waals surface area contributed by atoms with Crippen LogP contribution in [0.1, 0.15) is 40.5 Å². The highest BCUT2D eigenvalue weighted by Crippen LogP contribution is 2.33. The van der Waals surface area contributed by atoms with Crippen molar-refractivity contribution in [1.82, 2.24) is 14.9 Å². The number of nitrogens with zero attached hydrogens (tertiary/aromatic N) is 2. The number of carbonyl (C=O) groups is 1. The zero-order valence-electron chi connectivity index (χ0n) is 17.8. The number of hydrogen-bond donors (Lipinski definition) is 1. The van der Waals surface area contributed by atoms with Gasteiger partial charge >= 0.3 is 0 Å². The van der Waals surface area contributed by atoms with Crippen LogP contribution in [0.25, 0.3) is 10.2 Å². The van der Waals surface area contributed by atoms with Gasteiger partial charge in [0.2, 0.25) is 5.91 Å². The Balaban J connectivity index is 1.39. The lowest BCUT2D eigenvalue weighted by atomic mass is 9.97. The standard InChI is InChI=1S/C26H25N3O2S/c30-23(28-21(19-11-5-2-6-12-19)15-18-9-3-1-4-10-18)16-29-17-27-25-24(26(29)31)20-13-7-8-14-22(20)32-25/h1-6,9-12,17,21H,7-8,13-16H2,(H,28,30). The van der Waals surface area contributed by atoms with Gasteiger partial charge in [-0.25, -0.2) is 4.98 Å². The molecule has 0 spiro atoms. The highest BCUT2D eigenvalue weighted by Gasteiger charge is 2.21. The number of nitrogens with one attached hydrogen (secondary N) is 1. The van der Waals surface area contributed by atoms with Crippen molar-refractivity contribution in [1.29, 1.82) is 0 Å². The second-order valence-electron chi connectivity index (χ2n) is 8.29. The molecule has 4 aromatic rings. The summed E-state index contributed by atoms with van der Waals surface area (Å²) in [6.45, 7) is -0.0372. The van der Waals surface area contributed by atoms with E-state index >= 15 is 0 Å². The molecule has 5 nitrogen and oxygen atoms in total. The van der Waals surface area contributed by atoms with E-state index in [1.807, 2.05) is 48.5 Å². The van der Waals surface area contributed by atoms with Gasteiger partial charge in [0.15, 0.2) is 0 Å². The van der Waals surface area contributed by atoms with Gasteiger partial charge in [0.25, 0.3) is 5.56 Å². The smallest absolute Gasteiger partial charge is 0.262 e. The zero-order chi connectivity index (χ0) is 21.9. The van der Waals surface area contributed by atoms with Crippen LogP contribution in [0, 0.1) is 0 Å². The van der Waals surface area contributed by atoms with E-state index in [-0.39, 0.29) is 24.1 Å². The number of benzene rings is 2. The van der Waals surface area contributed by atoms with Crippen LogP contribution < -0.4 is 10.9 Å². The maximum Gasteiger partial charge on any atom is 0.262 e. The van der Waals surface area contributed by atoms with Crippen molar-refractivity contribution >= 4 is 27.5 Å². The van der Waals surface area contributed by atoms with Crippen LogP contribution in [0.5, 0.6) is 0 Å². The van der Waals surface area contributed by atoms with Crippen LogP contribution >= 0.6 is 11.3 Å². The van der Waals surface area contributed by atoms with Crippen molar-refractivity contribution in [2.75, 3.05) is 0 Å². The van der Waals surface area contributed by atoms with Crippen LogP contribution in [0.2, 0.25) is 0 Å². The zero-order valence-corrected chi connectivity index (χ0v) is 18.6. The highest BCUT2D eigenvalue weighted by molar-refractivity contribution is 7.18. The summed E-state index contributed by atoms with van der Waals surface area (Å²) in [4.78, 5) is 32.8. The van der Waals surface area contributed by atoms with Crippen LogP contribution in [-0.4, -0.2) is 15.5 Å². The summed E-state index contributed by atoms with van der Waals surface area (Å²) in [5.74, 6) is -0.192. The van der Waals surface area contributed by atoms with E-state index in [0.29, 0.717) is 11.8 Å². The summed E-state index contributed by atoms with van der Waals surface area (Å²) in [5, 5.41) is 3.85. The van der Waals surface area contributed by atoms with Crippen LogP contribution in [0.3, 0.4) is 0 Å². The lowest BCUT2D eigenvalue weighted by Gasteiger charge is -2.20. The molecular formula is C26H25N3O2S. The normalized spacial score (nSPS) is 14.1. The highest BCUT2D eigenvalue weighted by atomic mass is 32.1. The predicted octanol–water partition coefficient (Wildman–Crippen LogP) is 4.44. The third kappa shape index (κ3) is 4.23. The lowest BCUT2D eigenvalue weighted by Crippen LogP contribution is -2.35. The number of fused-ring (bicyclic) bond motifs is 3. The summed E-state index contributed by atoms with van der Waals surface area (Å²) in [5.41, 5.74) is 3.22. The minimum atomic E-state index is -0.192. The first-order valence-corrected chi connectivity index (χ1v) is 11.9. The van der Waals surface area contributed by atoms with Crippen molar-refractivity contribution in [2.24, 2.45) is 0 Å². The largest absolute Gasteiger partial charge is 0.347 e. The molecule has 0 radical (unpaired) electrons. The minimum absolute atomic E-state index is 0.0372. The van der Waals surface area contributed by atoms with Gasteiger partial charge in [-0.05, 0) is 48.8 Å². The predicted molar refractivity (Wildman–Crippen MR) is 128 cm³/mol. The molecule has 2 heterocycles. The fraction of sp³-hybridized carbons (Fsp3) is 0.269. The molecule has 32 heavy (non-hydrogen) atoms. The quantitative estimate of drug-likeness (QED) is 0.479. The monoisotopic (exact) mass is 443 g/mol. The van der Waals surface area contributed by atoms with Gasteiger partial charge in [-0.1, -0.05) is 60.7 Å². The van der Waals surface area contributed by atoms with E-state index < -0.39 is 0 Å². The van der Waals surface area contributed by atoms with E-state index in [1.54, 1.807) is 11.3 Å². The molecule has 1 aliphatic rings. The Hall–Kier alpha value is -3.25. The molecule has 0 bridgehead atoms. The Kier molecular flexibility index (Phi) is 5.86. The van der Waals surface area contributed by atoms with Gasteiger partial charge in [-0.2, -0.15) is 0 Å². The Bertz CT molecular complexity index is 1300. The summed E-state index contributed by atoms with van der Waals surface area (Å²) >= 11 is 1.63. The fourth-order valence-electron chi connectivity index (χ4n) is 4.48. The molecule has 162 valence electrons. The van der Waals surface area contributed by atoms with Crippen LogP contribution in [-0.2, 0) is 30.6 Å². The number of carbonyl (C=O) groups excluding carboxylic acids is 1. The fourth-order valence-corrected chi connectivity index (χ4v) is 5.70. The second-order valence-corrected chi connectivity index (χ2v) is 9.37. The maximum atomic E-state index is 13.2. The third-order valence-electron chi connectivity index (χ3n) is 6.08. The van der Waals surface area contributed by atoms with Gasteiger partial charge in [0, 0.05) is 4.88 Å². The molecule has 1 atom stereocenters. The van der Waals surface area contributed by atoms with Gasteiger partial charge in [-0.3, -0.25) is 14.2 Å². The number of rotatable bonds is 6. The molecule has 1 aliphatic carbocycles. The van der Waals surface area contributed by atoms with Gasteiger partial charge in [0.1, 0.15) is 11.4 Å². The topological polar surface area (TPSA) is 64.0 Å². The number of aryl methyl sites for hydroxylation is 2. The molecule has 6 heteroatoms. The first-order chi connectivity index (χ1) is 15.7. The number of aromatic nitrogens is 2. The molecule has 0 saturated carbocycles. The molecule has 1 N–H and O–H groups in total. The van der Waals surface area contributed by atoms with Crippen LogP contribution in [0.4, 0.5) is 0 Å². The van der Waals surface area contributed by atoms with Crippen molar-refractivity contribution < 1.29 is 4.79 Å². The Labute approximate surface area is 190 Å². The summed E-state index contributed by atoms with van der Waals surface area (Å²) in [7, 11) is 0.